The SMILES string of the molecule is Cc1cc(C)nc(N2C[C@H]3CN(C(=O)c4c(-c5ccncc5)nn5ccccc45)C[C@H]3C2)n1. The monoisotopic (exact) mass is 439 g/mol. The zero-order valence-corrected chi connectivity index (χ0v) is 18.7. The third-order valence-electron chi connectivity index (χ3n) is 6.73. The molecule has 166 valence electrons. The molecule has 33 heavy (non-hydrogen) atoms. The van der Waals surface area contributed by atoms with Crippen molar-refractivity contribution in [2.24, 2.45) is 11.8 Å². The fraction of sp³-hybridized carbons (Fsp3) is 0.320. The molecular formula is C25H25N7O. The second-order valence-corrected chi connectivity index (χ2v) is 9.08. The summed E-state index contributed by atoms with van der Waals surface area (Å²) in [5.74, 6) is 1.70. The van der Waals surface area contributed by atoms with E-state index >= 15 is 0 Å². The Kier molecular flexibility index (Phi) is 4.60. The minimum absolute atomic E-state index is 0.0478. The van der Waals surface area contributed by atoms with E-state index in [1.54, 1.807) is 16.9 Å². The minimum atomic E-state index is 0.0478. The van der Waals surface area contributed by atoms with E-state index in [4.69, 9.17) is 5.10 Å². The van der Waals surface area contributed by atoms with E-state index in [1.165, 1.54) is 0 Å². The molecule has 0 saturated carbocycles. The molecule has 2 atom stereocenters. The van der Waals surface area contributed by atoms with Gasteiger partial charge in [-0.1, -0.05) is 6.07 Å². The number of amides is 1. The molecule has 6 rings (SSSR count). The van der Waals surface area contributed by atoms with Crippen LogP contribution in [0.5, 0.6) is 0 Å². The highest BCUT2D eigenvalue weighted by atomic mass is 16.2. The zero-order valence-electron chi connectivity index (χ0n) is 18.7. The molecule has 4 aromatic heterocycles. The second-order valence-electron chi connectivity index (χ2n) is 9.08. The number of aryl methyl sites for hydroxylation is 2. The van der Waals surface area contributed by atoms with Crippen molar-refractivity contribution in [1.82, 2.24) is 29.5 Å². The van der Waals surface area contributed by atoms with Crippen molar-refractivity contribution in [3.8, 4) is 11.3 Å². The molecule has 0 radical (unpaired) electrons. The standard InChI is InChI=1S/C25H25N7O/c1-16-11-17(2)28-25(27-16)31-14-19-12-30(13-20(19)15-31)24(33)22-21-5-3-4-10-32(21)29-23(22)18-6-8-26-9-7-18/h3-11,19-20H,12-15H2,1-2H3/t19-,20+. The summed E-state index contributed by atoms with van der Waals surface area (Å²) in [5, 5.41) is 4.73. The average molecular weight is 440 g/mol. The van der Waals surface area contributed by atoms with Crippen LogP contribution in [-0.4, -0.2) is 61.6 Å². The Morgan fingerprint density at radius 1 is 0.939 bits per heavy atom. The normalized spacial score (nSPS) is 19.9. The number of rotatable bonds is 3. The Morgan fingerprint density at radius 3 is 2.33 bits per heavy atom. The van der Waals surface area contributed by atoms with Crippen LogP contribution < -0.4 is 4.90 Å². The topological polar surface area (TPSA) is 79.5 Å². The van der Waals surface area contributed by atoms with Gasteiger partial charge in [0.2, 0.25) is 5.95 Å². The Balaban J connectivity index is 1.27. The summed E-state index contributed by atoms with van der Waals surface area (Å²) in [6.07, 6.45) is 5.35. The molecule has 8 nitrogen and oxygen atoms in total. The number of anilines is 1. The Bertz CT molecular complexity index is 1320. The first-order chi connectivity index (χ1) is 16.1. The number of nitrogens with zero attached hydrogens (tertiary/aromatic N) is 7. The molecule has 1 amide bonds. The maximum atomic E-state index is 13.8. The Labute approximate surface area is 191 Å². The average Bonchev–Trinajstić information content (AvgIpc) is 3.50. The Morgan fingerprint density at radius 2 is 1.64 bits per heavy atom. The van der Waals surface area contributed by atoms with Crippen LogP contribution in [0.15, 0.2) is 55.0 Å². The third-order valence-corrected chi connectivity index (χ3v) is 6.73. The van der Waals surface area contributed by atoms with Crippen LogP contribution in [0.3, 0.4) is 0 Å². The molecular weight excluding hydrogens is 414 g/mol. The number of fused-ring (bicyclic) bond motifs is 2. The van der Waals surface area contributed by atoms with Gasteiger partial charge in [0.1, 0.15) is 5.69 Å². The van der Waals surface area contributed by atoms with Gasteiger partial charge >= 0.3 is 0 Å². The van der Waals surface area contributed by atoms with Crippen LogP contribution in [-0.2, 0) is 0 Å². The highest BCUT2D eigenvalue weighted by molar-refractivity contribution is 6.06. The van der Waals surface area contributed by atoms with Crippen molar-refractivity contribution in [3.05, 3.63) is 71.9 Å². The van der Waals surface area contributed by atoms with Crippen molar-refractivity contribution in [2.75, 3.05) is 31.1 Å². The van der Waals surface area contributed by atoms with Crippen LogP contribution in [0.4, 0.5) is 5.95 Å². The molecule has 0 bridgehead atoms. The largest absolute Gasteiger partial charge is 0.340 e. The van der Waals surface area contributed by atoms with Crippen molar-refractivity contribution in [1.29, 1.82) is 0 Å². The third kappa shape index (κ3) is 3.42. The van der Waals surface area contributed by atoms with Gasteiger partial charge in [0, 0.05) is 73.6 Å². The van der Waals surface area contributed by atoms with E-state index in [2.05, 4.69) is 19.9 Å². The van der Waals surface area contributed by atoms with Gasteiger partial charge in [0.25, 0.3) is 5.91 Å². The van der Waals surface area contributed by atoms with Crippen LogP contribution >= 0.6 is 0 Å². The van der Waals surface area contributed by atoms with Gasteiger partial charge in [-0.25, -0.2) is 14.5 Å². The first-order valence-corrected chi connectivity index (χ1v) is 11.3. The lowest BCUT2D eigenvalue weighted by molar-refractivity contribution is 0.0785. The molecule has 0 N–H and O–H groups in total. The quantitative estimate of drug-likeness (QED) is 0.488. The molecule has 2 fully saturated rings. The van der Waals surface area contributed by atoms with Crippen molar-refractivity contribution >= 4 is 17.4 Å². The lowest BCUT2D eigenvalue weighted by Gasteiger charge is -2.22. The van der Waals surface area contributed by atoms with Crippen molar-refractivity contribution < 1.29 is 4.79 Å². The van der Waals surface area contributed by atoms with Gasteiger partial charge in [-0.2, -0.15) is 5.10 Å². The number of pyridine rings is 2. The maximum absolute atomic E-state index is 13.8. The highest BCUT2D eigenvalue weighted by Crippen LogP contribution is 2.35. The fourth-order valence-corrected chi connectivity index (χ4v) is 5.25. The fourth-order valence-electron chi connectivity index (χ4n) is 5.25. The summed E-state index contributed by atoms with van der Waals surface area (Å²) >= 11 is 0. The summed E-state index contributed by atoms with van der Waals surface area (Å²) in [4.78, 5) is 31.5. The minimum Gasteiger partial charge on any atom is -0.340 e. The lowest BCUT2D eigenvalue weighted by Crippen LogP contribution is -2.34. The van der Waals surface area contributed by atoms with E-state index in [9.17, 15) is 4.79 Å². The van der Waals surface area contributed by atoms with E-state index in [-0.39, 0.29) is 5.91 Å². The first kappa shape index (κ1) is 19.8. The predicted molar refractivity (Wildman–Crippen MR) is 125 cm³/mol. The predicted octanol–water partition coefficient (Wildman–Crippen LogP) is 3.01. The Hall–Kier alpha value is -3.81. The molecule has 6 heterocycles. The van der Waals surface area contributed by atoms with Gasteiger partial charge < -0.3 is 9.80 Å². The van der Waals surface area contributed by atoms with E-state index < -0.39 is 0 Å². The van der Waals surface area contributed by atoms with E-state index in [1.807, 2.05) is 61.3 Å². The molecule has 0 unspecified atom stereocenters. The van der Waals surface area contributed by atoms with E-state index in [0.29, 0.717) is 23.1 Å². The summed E-state index contributed by atoms with van der Waals surface area (Å²) in [5.41, 5.74) is 5.07. The van der Waals surface area contributed by atoms with Gasteiger partial charge in [-0.3, -0.25) is 9.78 Å². The van der Waals surface area contributed by atoms with Gasteiger partial charge in [0.15, 0.2) is 0 Å². The van der Waals surface area contributed by atoms with Crippen LogP contribution in [0.1, 0.15) is 21.7 Å². The molecule has 2 aliphatic heterocycles. The van der Waals surface area contributed by atoms with E-state index in [0.717, 1.165) is 54.6 Å². The van der Waals surface area contributed by atoms with Crippen LogP contribution in [0.2, 0.25) is 0 Å². The van der Waals surface area contributed by atoms with Gasteiger partial charge in [-0.05, 0) is 44.2 Å². The smallest absolute Gasteiger partial charge is 0.258 e. The van der Waals surface area contributed by atoms with Crippen LogP contribution in [0.25, 0.3) is 16.8 Å². The second kappa shape index (κ2) is 7.65. The highest BCUT2D eigenvalue weighted by Gasteiger charge is 2.43. The number of aromatic nitrogens is 5. The zero-order chi connectivity index (χ0) is 22.5. The van der Waals surface area contributed by atoms with Crippen molar-refractivity contribution in [3.63, 3.8) is 0 Å². The summed E-state index contributed by atoms with van der Waals surface area (Å²) in [6, 6.07) is 11.6. The van der Waals surface area contributed by atoms with Crippen molar-refractivity contribution in [2.45, 2.75) is 13.8 Å². The summed E-state index contributed by atoms with van der Waals surface area (Å²) < 4.78 is 1.79. The summed E-state index contributed by atoms with van der Waals surface area (Å²) in [6.45, 7) is 7.25. The maximum Gasteiger partial charge on any atom is 0.258 e. The molecule has 0 aliphatic carbocycles. The molecule has 2 aliphatic rings. The number of carbonyl (C=O) groups is 1. The lowest BCUT2D eigenvalue weighted by atomic mass is 10.0. The number of likely N-dealkylation sites (tertiary alicyclic amines) is 1. The number of hydrogen-bond donors (Lipinski definition) is 0. The van der Waals surface area contributed by atoms with Gasteiger partial charge in [0.05, 0.1) is 11.1 Å². The first-order valence-electron chi connectivity index (χ1n) is 11.3. The summed E-state index contributed by atoms with van der Waals surface area (Å²) in [7, 11) is 0. The number of hydrogen-bond acceptors (Lipinski definition) is 6. The molecule has 4 aromatic rings. The number of carbonyl (C=O) groups excluding carboxylic acids is 1. The molecule has 2 saturated heterocycles. The molecule has 0 aromatic carbocycles. The van der Waals surface area contributed by atoms with Crippen LogP contribution in [0, 0.1) is 25.7 Å². The van der Waals surface area contributed by atoms with Gasteiger partial charge in [-0.15, -0.1) is 0 Å². The molecule has 0 spiro atoms. The molecule has 8 heteroatoms.